The number of halogens is 2. The van der Waals surface area contributed by atoms with Crippen molar-refractivity contribution < 1.29 is 8.81 Å². The number of aliphatic imine (C=N–C) groups is 1. The Bertz CT molecular complexity index is 572. The second kappa shape index (κ2) is 6.77. The molecule has 0 radical (unpaired) electrons. The van der Waals surface area contributed by atoms with E-state index in [1.54, 1.807) is 12.3 Å². The number of rotatable bonds is 4. The quantitative estimate of drug-likeness (QED) is 0.676. The van der Waals surface area contributed by atoms with E-state index < -0.39 is 0 Å². The molecule has 0 spiro atoms. The topological polar surface area (TPSA) is 51.5 Å². The molecular weight excluding hydrogens is 331 g/mol. The van der Waals surface area contributed by atoms with Gasteiger partial charge in [-0.3, -0.25) is 4.99 Å². The van der Waals surface area contributed by atoms with Crippen molar-refractivity contribution in [3.63, 3.8) is 0 Å². The van der Waals surface area contributed by atoms with Crippen molar-refractivity contribution in [3.8, 4) is 0 Å². The molecule has 0 aliphatic heterocycles. The molecule has 0 amide bonds. The van der Waals surface area contributed by atoms with E-state index in [1.807, 2.05) is 12.1 Å². The average molecular weight is 343 g/mol. The third kappa shape index (κ3) is 4.40. The van der Waals surface area contributed by atoms with Crippen molar-refractivity contribution in [1.29, 1.82) is 0 Å². The van der Waals surface area contributed by atoms with Gasteiger partial charge in [0.15, 0.2) is 5.17 Å². The summed E-state index contributed by atoms with van der Waals surface area (Å²) in [5, 5.41) is 0.479. The van der Waals surface area contributed by atoms with Crippen molar-refractivity contribution in [2.45, 2.75) is 12.3 Å². The maximum absolute atomic E-state index is 12.9. The molecule has 1 heterocycles. The first-order valence-corrected chi connectivity index (χ1v) is 7.32. The number of amidine groups is 1. The van der Waals surface area contributed by atoms with Crippen LogP contribution in [-0.4, -0.2) is 5.17 Å². The molecule has 2 N–H and O–H groups in total. The maximum atomic E-state index is 12.9. The zero-order valence-electron chi connectivity index (χ0n) is 9.98. The predicted octanol–water partition coefficient (Wildman–Crippen LogP) is 3.93. The normalized spacial score (nSPS) is 11.8. The number of hydrogen-bond acceptors (Lipinski definition) is 3. The molecule has 0 unspecified atom stereocenters. The summed E-state index contributed by atoms with van der Waals surface area (Å²) in [7, 11) is 0. The summed E-state index contributed by atoms with van der Waals surface area (Å²) in [5.74, 6) is 1.14. The van der Waals surface area contributed by atoms with Gasteiger partial charge in [-0.1, -0.05) is 33.8 Å². The smallest absolute Gasteiger partial charge is 0.154 e. The molecule has 1 aromatic carbocycles. The molecule has 19 heavy (non-hydrogen) atoms. The van der Waals surface area contributed by atoms with E-state index in [-0.39, 0.29) is 5.82 Å². The van der Waals surface area contributed by atoms with Gasteiger partial charge in [0, 0.05) is 10.2 Å². The van der Waals surface area contributed by atoms with E-state index in [0.717, 1.165) is 15.8 Å². The lowest BCUT2D eigenvalue weighted by molar-refractivity contribution is 0.513. The minimum absolute atomic E-state index is 0.264. The molecular formula is C13H12BrFN2OS. The third-order valence-corrected chi connectivity index (χ3v) is 3.98. The van der Waals surface area contributed by atoms with E-state index in [1.165, 1.54) is 23.9 Å². The van der Waals surface area contributed by atoms with Gasteiger partial charge in [-0.15, -0.1) is 0 Å². The lowest BCUT2D eigenvalue weighted by Crippen LogP contribution is -2.07. The minimum Gasteiger partial charge on any atom is -0.467 e. The van der Waals surface area contributed by atoms with Gasteiger partial charge < -0.3 is 10.2 Å². The van der Waals surface area contributed by atoms with E-state index in [9.17, 15) is 4.39 Å². The van der Waals surface area contributed by atoms with Crippen LogP contribution in [0.1, 0.15) is 11.3 Å². The molecule has 0 bridgehead atoms. The number of benzene rings is 1. The number of hydrogen-bond donors (Lipinski definition) is 1. The minimum atomic E-state index is -0.264. The van der Waals surface area contributed by atoms with E-state index >= 15 is 0 Å². The molecule has 100 valence electrons. The van der Waals surface area contributed by atoms with E-state index in [0.29, 0.717) is 17.5 Å². The first-order chi connectivity index (χ1) is 9.15. The first kappa shape index (κ1) is 14.1. The van der Waals surface area contributed by atoms with Crippen molar-refractivity contribution in [3.05, 3.63) is 58.2 Å². The van der Waals surface area contributed by atoms with Crippen LogP contribution < -0.4 is 5.73 Å². The van der Waals surface area contributed by atoms with Crippen LogP contribution in [0.25, 0.3) is 0 Å². The van der Waals surface area contributed by atoms with Gasteiger partial charge in [0.05, 0.1) is 12.8 Å². The number of furan rings is 1. The zero-order valence-corrected chi connectivity index (χ0v) is 12.4. The van der Waals surface area contributed by atoms with Crippen LogP contribution in [0, 0.1) is 5.82 Å². The molecule has 0 atom stereocenters. The number of thioether (sulfide) groups is 1. The van der Waals surface area contributed by atoms with E-state index in [4.69, 9.17) is 10.2 Å². The van der Waals surface area contributed by atoms with Gasteiger partial charge in [-0.2, -0.15) is 0 Å². The Morgan fingerprint density at radius 3 is 2.95 bits per heavy atom. The zero-order chi connectivity index (χ0) is 13.7. The highest BCUT2D eigenvalue weighted by Crippen LogP contribution is 2.22. The standard InChI is InChI=1S/C13H12BrFN2OS/c14-12-6-10(15)4-3-9(12)8-19-13(16)17-7-11-2-1-5-18-11/h1-6H,7-8H2,(H2,16,17). The Kier molecular flexibility index (Phi) is 5.04. The van der Waals surface area contributed by atoms with Gasteiger partial charge >= 0.3 is 0 Å². The maximum Gasteiger partial charge on any atom is 0.154 e. The summed E-state index contributed by atoms with van der Waals surface area (Å²) < 4.78 is 18.8. The van der Waals surface area contributed by atoms with Crippen LogP contribution >= 0.6 is 27.7 Å². The Morgan fingerprint density at radius 2 is 2.26 bits per heavy atom. The molecule has 0 fully saturated rings. The monoisotopic (exact) mass is 342 g/mol. The summed E-state index contributed by atoms with van der Waals surface area (Å²) in [6.45, 7) is 0.427. The highest BCUT2D eigenvalue weighted by Gasteiger charge is 2.03. The molecule has 2 aromatic rings. The molecule has 1 aromatic heterocycles. The Labute approximate surface area is 123 Å². The summed E-state index contributed by atoms with van der Waals surface area (Å²) in [5.41, 5.74) is 6.77. The second-order valence-electron chi connectivity index (χ2n) is 3.76. The van der Waals surface area contributed by atoms with Gasteiger partial charge in [0.25, 0.3) is 0 Å². The fourth-order valence-corrected chi connectivity index (χ4v) is 2.78. The molecule has 0 aliphatic rings. The highest BCUT2D eigenvalue weighted by atomic mass is 79.9. The molecule has 3 nitrogen and oxygen atoms in total. The highest BCUT2D eigenvalue weighted by molar-refractivity contribution is 9.10. The third-order valence-electron chi connectivity index (χ3n) is 2.36. The molecule has 0 aliphatic carbocycles. The predicted molar refractivity (Wildman–Crippen MR) is 79.4 cm³/mol. The van der Waals surface area contributed by atoms with Crippen molar-refractivity contribution in [2.75, 3.05) is 0 Å². The van der Waals surface area contributed by atoms with Crippen LogP contribution in [0.5, 0.6) is 0 Å². The molecule has 2 rings (SSSR count). The largest absolute Gasteiger partial charge is 0.467 e. The number of nitrogens with zero attached hydrogens (tertiary/aromatic N) is 1. The molecule has 0 saturated heterocycles. The summed E-state index contributed by atoms with van der Waals surface area (Å²) in [6.07, 6.45) is 1.60. The van der Waals surface area contributed by atoms with Gasteiger partial charge in [0.2, 0.25) is 0 Å². The van der Waals surface area contributed by atoms with Crippen LogP contribution in [0.15, 0.2) is 50.5 Å². The van der Waals surface area contributed by atoms with Crippen molar-refractivity contribution in [1.82, 2.24) is 0 Å². The van der Waals surface area contributed by atoms with Crippen LogP contribution in [0.4, 0.5) is 4.39 Å². The van der Waals surface area contributed by atoms with Crippen molar-refractivity contribution in [2.24, 2.45) is 10.7 Å². The number of nitrogens with two attached hydrogens (primary N) is 1. The van der Waals surface area contributed by atoms with Crippen LogP contribution in [0.3, 0.4) is 0 Å². The summed E-state index contributed by atoms with van der Waals surface area (Å²) >= 11 is 4.72. The lowest BCUT2D eigenvalue weighted by Gasteiger charge is -2.04. The second-order valence-corrected chi connectivity index (χ2v) is 5.61. The Morgan fingerprint density at radius 1 is 1.42 bits per heavy atom. The lowest BCUT2D eigenvalue weighted by atomic mass is 10.2. The summed E-state index contributed by atoms with van der Waals surface area (Å²) in [6, 6.07) is 8.25. The SMILES string of the molecule is NC(=NCc1ccco1)SCc1ccc(F)cc1Br. The summed E-state index contributed by atoms with van der Waals surface area (Å²) in [4.78, 5) is 4.20. The molecule has 6 heteroatoms. The van der Waals surface area contributed by atoms with Gasteiger partial charge in [-0.05, 0) is 29.8 Å². The fraction of sp³-hybridized carbons (Fsp3) is 0.154. The first-order valence-electron chi connectivity index (χ1n) is 5.54. The molecule has 0 saturated carbocycles. The average Bonchev–Trinajstić information content (AvgIpc) is 2.88. The van der Waals surface area contributed by atoms with Gasteiger partial charge in [0.1, 0.15) is 11.6 Å². The van der Waals surface area contributed by atoms with Gasteiger partial charge in [-0.25, -0.2) is 4.39 Å². The van der Waals surface area contributed by atoms with Crippen LogP contribution in [-0.2, 0) is 12.3 Å². The van der Waals surface area contributed by atoms with Crippen molar-refractivity contribution >= 4 is 32.9 Å². The fourth-order valence-electron chi connectivity index (χ4n) is 1.39. The van der Waals surface area contributed by atoms with E-state index in [2.05, 4.69) is 20.9 Å². The van der Waals surface area contributed by atoms with Crippen LogP contribution in [0.2, 0.25) is 0 Å². The Balaban J connectivity index is 1.89. The Hall–Kier alpha value is -1.27.